The molecular weight excluding hydrogens is 236 g/mol. The molecule has 0 spiro atoms. The summed E-state index contributed by atoms with van der Waals surface area (Å²) in [5, 5.41) is 10.2. The van der Waals surface area contributed by atoms with Crippen molar-refractivity contribution in [1.82, 2.24) is 4.90 Å². The van der Waals surface area contributed by atoms with Gasteiger partial charge < -0.3 is 15.7 Å². The molecule has 1 amide bonds. The van der Waals surface area contributed by atoms with Crippen LogP contribution in [0, 0.1) is 5.92 Å². The Bertz CT molecular complexity index is 301. The molecule has 1 rings (SSSR count). The summed E-state index contributed by atoms with van der Waals surface area (Å²) in [5.41, 5.74) is 4.84. The van der Waals surface area contributed by atoms with E-state index in [4.69, 9.17) is 18.0 Å². The molecular formula is C12H22N2O2S. The van der Waals surface area contributed by atoms with Crippen molar-refractivity contribution in [2.45, 2.75) is 44.6 Å². The molecule has 0 radical (unpaired) electrons. The zero-order chi connectivity index (χ0) is 13.1. The molecule has 5 heteroatoms. The number of carbonyl (C=O) groups excluding carboxylic acids is 1. The zero-order valence-corrected chi connectivity index (χ0v) is 11.4. The topological polar surface area (TPSA) is 66.6 Å². The van der Waals surface area contributed by atoms with E-state index in [0.717, 1.165) is 25.7 Å². The van der Waals surface area contributed by atoms with Crippen LogP contribution in [0.3, 0.4) is 0 Å². The largest absolute Gasteiger partial charge is 0.393 e. The van der Waals surface area contributed by atoms with E-state index >= 15 is 0 Å². The average molecular weight is 258 g/mol. The fraction of sp³-hybridized carbons (Fsp3) is 0.833. The molecule has 1 saturated carbocycles. The van der Waals surface area contributed by atoms with Gasteiger partial charge in [-0.15, -0.1) is 0 Å². The highest BCUT2D eigenvalue weighted by molar-refractivity contribution is 7.80. The molecule has 0 aromatic rings. The number of likely N-dealkylation sites (N-methyl/N-ethyl adjacent to an activating group) is 1. The molecule has 0 aliphatic heterocycles. The van der Waals surface area contributed by atoms with Crippen molar-refractivity contribution in [2.24, 2.45) is 11.7 Å². The summed E-state index contributed by atoms with van der Waals surface area (Å²) in [6, 6.07) is 0. The number of hydrogen-bond donors (Lipinski definition) is 2. The molecule has 0 bridgehead atoms. The molecule has 1 atom stereocenters. The quantitative estimate of drug-likeness (QED) is 0.724. The SMILES string of the molecule is CCC(C(=O)N(C)CC1(O)CCCC1)C(N)=S. The summed E-state index contributed by atoms with van der Waals surface area (Å²) in [6.45, 7) is 2.27. The lowest BCUT2D eigenvalue weighted by atomic mass is 10.00. The van der Waals surface area contributed by atoms with Crippen LogP contribution in [0.1, 0.15) is 39.0 Å². The van der Waals surface area contributed by atoms with Crippen molar-refractivity contribution in [3.8, 4) is 0 Å². The minimum Gasteiger partial charge on any atom is -0.393 e. The summed E-state index contributed by atoms with van der Waals surface area (Å²) < 4.78 is 0. The van der Waals surface area contributed by atoms with Gasteiger partial charge in [-0.3, -0.25) is 4.79 Å². The highest BCUT2D eigenvalue weighted by Gasteiger charge is 2.34. The van der Waals surface area contributed by atoms with Crippen LogP contribution in [-0.4, -0.2) is 40.1 Å². The number of nitrogens with two attached hydrogens (primary N) is 1. The predicted octanol–water partition coefficient (Wildman–Crippen LogP) is 1.06. The second-order valence-corrected chi connectivity index (χ2v) is 5.46. The van der Waals surface area contributed by atoms with Crippen molar-refractivity contribution < 1.29 is 9.90 Å². The number of carbonyl (C=O) groups is 1. The van der Waals surface area contributed by atoms with Crippen molar-refractivity contribution in [3.63, 3.8) is 0 Å². The summed E-state index contributed by atoms with van der Waals surface area (Å²) in [7, 11) is 1.71. The van der Waals surface area contributed by atoms with Gasteiger partial charge in [-0.2, -0.15) is 0 Å². The molecule has 1 unspecified atom stereocenters. The van der Waals surface area contributed by atoms with E-state index in [1.165, 1.54) is 0 Å². The predicted molar refractivity (Wildman–Crippen MR) is 71.6 cm³/mol. The Morgan fingerprint density at radius 1 is 1.53 bits per heavy atom. The van der Waals surface area contributed by atoms with Gasteiger partial charge in [0.2, 0.25) is 5.91 Å². The van der Waals surface area contributed by atoms with E-state index in [-0.39, 0.29) is 10.9 Å². The van der Waals surface area contributed by atoms with Crippen molar-refractivity contribution in [1.29, 1.82) is 0 Å². The Kier molecular flexibility index (Phi) is 4.89. The number of nitrogens with zero attached hydrogens (tertiary/aromatic N) is 1. The van der Waals surface area contributed by atoms with Crippen LogP contribution in [0.15, 0.2) is 0 Å². The van der Waals surface area contributed by atoms with E-state index in [1.54, 1.807) is 11.9 Å². The molecule has 98 valence electrons. The van der Waals surface area contributed by atoms with Crippen LogP contribution in [0.25, 0.3) is 0 Å². The Hall–Kier alpha value is -0.680. The first kappa shape index (κ1) is 14.4. The molecule has 3 N–H and O–H groups in total. The first-order valence-electron chi connectivity index (χ1n) is 6.16. The summed E-state index contributed by atoms with van der Waals surface area (Å²) in [4.78, 5) is 13.9. The smallest absolute Gasteiger partial charge is 0.232 e. The fourth-order valence-corrected chi connectivity index (χ4v) is 2.74. The van der Waals surface area contributed by atoms with Crippen LogP contribution in [0.4, 0.5) is 0 Å². The van der Waals surface area contributed by atoms with Gasteiger partial charge in [0, 0.05) is 13.6 Å². The highest BCUT2D eigenvalue weighted by Crippen LogP contribution is 2.30. The van der Waals surface area contributed by atoms with Crippen LogP contribution in [0.5, 0.6) is 0 Å². The molecule has 0 heterocycles. The fourth-order valence-electron chi connectivity index (χ4n) is 2.47. The van der Waals surface area contributed by atoms with Gasteiger partial charge in [-0.05, 0) is 19.3 Å². The molecule has 1 aliphatic rings. The lowest BCUT2D eigenvalue weighted by Crippen LogP contribution is -2.46. The van der Waals surface area contributed by atoms with E-state index in [0.29, 0.717) is 13.0 Å². The van der Waals surface area contributed by atoms with Crippen LogP contribution in [0.2, 0.25) is 0 Å². The van der Waals surface area contributed by atoms with Crippen molar-refractivity contribution in [3.05, 3.63) is 0 Å². The number of amides is 1. The molecule has 0 aromatic carbocycles. The van der Waals surface area contributed by atoms with E-state index in [1.807, 2.05) is 6.92 Å². The third-order valence-corrected chi connectivity index (χ3v) is 3.78. The number of thiocarbonyl (C=S) groups is 1. The third-order valence-electron chi connectivity index (χ3n) is 3.49. The molecule has 0 aromatic heterocycles. The lowest BCUT2D eigenvalue weighted by molar-refractivity contribution is -0.135. The molecule has 0 saturated heterocycles. The van der Waals surface area contributed by atoms with Gasteiger partial charge in [-0.1, -0.05) is 32.0 Å². The van der Waals surface area contributed by atoms with E-state index in [9.17, 15) is 9.90 Å². The Morgan fingerprint density at radius 2 is 2.06 bits per heavy atom. The van der Waals surface area contributed by atoms with Gasteiger partial charge in [0.25, 0.3) is 0 Å². The van der Waals surface area contributed by atoms with Crippen molar-refractivity contribution in [2.75, 3.05) is 13.6 Å². The first-order chi connectivity index (χ1) is 7.89. The lowest BCUT2D eigenvalue weighted by Gasteiger charge is -2.30. The van der Waals surface area contributed by atoms with Crippen LogP contribution in [-0.2, 0) is 4.79 Å². The van der Waals surface area contributed by atoms with Gasteiger partial charge in [0.05, 0.1) is 16.5 Å². The normalized spacial score (nSPS) is 19.9. The van der Waals surface area contributed by atoms with Crippen molar-refractivity contribution >= 4 is 23.1 Å². The van der Waals surface area contributed by atoms with Gasteiger partial charge in [0.15, 0.2) is 0 Å². The zero-order valence-electron chi connectivity index (χ0n) is 10.6. The number of hydrogen-bond acceptors (Lipinski definition) is 3. The molecule has 1 aliphatic carbocycles. The summed E-state index contributed by atoms with van der Waals surface area (Å²) in [6.07, 6.45) is 4.22. The average Bonchev–Trinajstić information content (AvgIpc) is 2.65. The molecule has 4 nitrogen and oxygen atoms in total. The van der Waals surface area contributed by atoms with Gasteiger partial charge in [-0.25, -0.2) is 0 Å². The minimum atomic E-state index is -0.709. The Morgan fingerprint density at radius 3 is 2.47 bits per heavy atom. The maximum atomic E-state index is 12.1. The maximum absolute atomic E-state index is 12.1. The molecule has 17 heavy (non-hydrogen) atoms. The Balaban J connectivity index is 2.60. The van der Waals surface area contributed by atoms with Gasteiger partial charge in [0.1, 0.15) is 0 Å². The second kappa shape index (κ2) is 5.78. The van der Waals surface area contributed by atoms with E-state index < -0.39 is 11.5 Å². The first-order valence-corrected chi connectivity index (χ1v) is 6.57. The monoisotopic (exact) mass is 258 g/mol. The number of rotatable bonds is 5. The van der Waals surface area contributed by atoms with Crippen LogP contribution < -0.4 is 5.73 Å². The minimum absolute atomic E-state index is 0.0830. The highest BCUT2D eigenvalue weighted by atomic mass is 32.1. The Labute approximate surface area is 108 Å². The standard InChI is InChI=1S/C12H22N2O2S/c1-3-9(10(13)17)11(15)14(2)8-12(16)6-4-5-7-12/h9,16H,3-8H2,1-2H3,(H2,13,17). The number of aliphatic hydroxyl groups is 1. The molecule has 1 fully saturated rings. The van der Waals surface area contributed by atoms with Gasteiger partial charge >= 0.3 is 0 Å². The van der Waals surface area contributed by atoms with Crippen LogP contribution >= 0.6 is 12.2 Å². The van der Waals surface area contributed by atoms with E-state index in [2.05, 4.69) is 0 Å². The summed E-state index contributed by atoms with van der Waals surface area (Å²) in [5.74, 6) is -0.486. The third kappa shape index (κ3) is 3.64. The maximum Gasteiger partial charge on any atom is 0.232 e. The summed E-state index contributed by atoms with van der Waals surface area (Å²) >= 11 is 4.89. The second-order valence-electron chi connectivity index (χ2n) is 4.99.